The van der Waals surface area contributed by atoms with Crippen LogP contribution in [0.2, 0.25) is 0 Å². The highest BCUT2D eigenvalue weighted by Gasteiger charge is 2.14. The zero-order chi connectivity index (χ0) is 15.0. The van der Waals surface area contributed by atoms with Gasteiger partial charge in [0.25, 0.3) is 0 Å². The molecule has 0 aliphatic carbocycles. The second-order valence-corrected chi connectivity index (χ2v) is 6.55. The van der Waals surface area contributed by atoms with Crippen LogP contribution < -0.4 is 0 Å². The third-order valence-electron chi connectivity index (χ3n) is 3.70. The summed E-state index contributed by atoms with van der Waals surface area (Å²) in [6.07, 6.45) is 0.682. The van der Waals surface area contributed by atoms with E-state index in [1.54, 1.807) is 18.3 Å². The molecule has 0 N–H and O–H groups in total. The van der Waals surface area contributed by atoms with Crippen LogP contribution in [0.5, 0.6) is 0 Å². The summed E-state index contributed by atoms with van der Waals surface area (Å²) in [5, 5.41) is 2.09. The molecule has 2 heterocycles. The fourth-order valence-corrected chi connectivity index (χ4v) is 3.52. The summed E-state index contributed by atoms with van der Waals surface area (Å²) in [5.41, 5.74) is 3.59. The number of aromatic nitrogens is 2. The Morgan fingerprint density at radius 3 is 2.76 bits per heavy atom. The van der Waals surface area contributed by atoms with Gasteiger partial charge in [0, 0.05) is 23.2 Å². The average Bonchev–Trinajstić information content (AvgIpc) is 2.98. The summed E-state index contributed by atoms with van der Waals surface area (Å²) < 4.78 is 15.9. The maximum Gasteiger partial charge on any atom is 0.128 e. The normalized spacial score (nSPS) is 11.4. The van der Waals surface area contributed by atoms with Crippen LogP contribution in [0.4, 0.5) is 4.39 Å². The monoisotopic (exact) mass is 322 g/mol. The van der Waals surface area contributed by atoms with Crippen molar-refractivity contribution in [3.8, 4) is 0 Å². The third kappa shape index (κ3) is 2.70. The van der Waals surface area contributed by atoms with E-state index in [0.717, 1.165) is 17.9 Å². The lowest BCUT2D eigenvalue weighted by Gasteiger charge is -2.08. The molecule has 3 aromatic rings. The van der Waals surface area contributed by atoms with E-state index >= 15 is 0 Å². The number of fused-ring (bicyclic) bond motifs is 1. The number of aryl methyl sites for hydroxylation is 3. The molecule has 0 saturated carbocycles. The van der Waals surface area contributed by atoms with Crippen molar-refractivity contribution in [3.05, 3.63) is 51.2 Å². The molecular formula is C16H16ClFN2S. The molecule has 0 radical (unpaired) electrons. The number of hydrogen-bond donors (Lipinski definition) is 0. The molecular weight excluding hydrogens is 307 g/mol. The number of hydrogen-bond acceptors (Lipinski definition) is 2. The summed E-state index contributed by atoms with van der Waals surface area (Å²) in [5.74, 6) is 1.21. The van der Waals surface area contributed by atoms with Gasteiger partial charge in [0.15, 0.2) is 0 Å². The lowest BCUT2D eigenvalue weighted by atomic mass is 10.2. The van der Waals surface area contributed by atoms with E-state index in [1.165, 1.54) is 16.5 Å². The predicted molar refractivity (Wildman–Crippen MR) is 87.0 cm³/mol. The van der Waals surface area contributed by atoms with E-state index in [-0.39, 0.29) is 5.82 Å². The van der Waals surface area contributed by atoms with E-state index in [1.807, 2.05) is 6.07 Å². The maximum absolute atomic E-state index is 13.7. The molecule has 2 nitrogen and oxygen atoms in total. The van der Waals surface area contributed by atoms with E-state index in [4.69, 9.17) is 11.6 Å². The molecule has 5 heteroatoms. The predicted octanol–water partition coefficient (Wildman–Crippen LogP) is 4.68. The molecule has 21 heavy (non-hydrogen) atoms. The molecule has 0 aliphatic rings. The van der Waals surface area contributed by atoms with Crippen LogP contribution in [0, 0.1) is 19.7 Å². The molecule has 0 bridgehead atoms. The molecule has 0 unspecified atom stereocenters. The van der Waals surface area contributed by atoms with Gasteiger partial charge in [-0.2, -0.15) is 0 Å². The van der Waals surface area contributed by atoms with Gasteiger partial charge in [0.2, 0.25) is 0 Å². The van der Waals surface area contributed by atoms with Gasteiger partial charge in [-0.3, -0.25) is 0 Å². The van der Waals surface area contributed by atoms with Gasteiger partial charge in [0.05, 0.1) is 17.6 Å². The lowest BCUT2D eigenvalue weighted by molar-refractivity contribution is 0.620. The number of halogens is 2. The van der Waals surface area contributed by atoms with Crippen LogP contribution in [0.3, 0.4) is 0 Å². The molecule has 0 amide bonds. The van der Waals surface area contributed by atoms with Crippen molar-refractivity contribution in [1.82, 2.24) is 9.55 Å². The first-order chi connectivity index (χ1) is 10.1. The average molecular weight is 323 g/mol. The van der Waals surface area contributed by atoms with Crippen molar-refractivity contribution < 1.29 is 4.39 Å². The molecule has 0 saturated heterocycles. The Labute approximate surface area is 132 Å². The second kappa shape index (κ2) is 5.78. The standard InChI is InChI=1S/C16H16ClFN2S/c1-10-4-6-21-15(10)9-20-14-7-11(2)12(18)8-13(14)19-16(20)3-5-17/h4,6-8H,3,5,9H2,1-2H3. The molecule has 0 aliphatic heterocycles. The molecule has 110 valence electrons. The Bertz CT molecular complexity index is 791. The first-order valence-corrected chi connectivity index (χ1v) is 8.25. The Kier molecular flexibility index (Phi) is 4.00. The second-order valence-electron chi connectivity index (χ2n) is 5.17. The Morgan fingerprint density at radius 2 is 2.10 bits per heavy atom. The first kappa shape index (κ1) is 14.5. The maximum atomic E-state index is 13.7. The molecule has 0 spiro atoms. The highest BCUT2D eigenvalue weighted by molar-refractivity contribution is 7.10. The molecule has 0 fully saturated rings. The van der Waals surface area contributed by atoms with Crippen molar-refractivity contribution >= 4 is 34.0 Å². The van der Waals surface area contributed by atoms with Crippen LogP contribution >= 0.6 is 22.9 Å². The van der Waals surface area contributed by atoms with Crippen molar-refractivity contribution in [2.24, 2.45) is 0 Å². The first-order valence-electron chi connectivity index (χ1n) is 6.84. The van der Waals surface area contributed by atoms with Gasteiger partial charge in [-0.1, -0.05) is 0 Å². The largest absolute Gasteiger partial charge is 0.323 e. The van der Waals surface area contributed by atoms with Gasteiger partial charge in [-0.05, 0) is 42.5 Å². The summed E-state index contributed by atoms with van der Waals surface area (Å²) in [6, 6.07) is 5.50. The third-order valence-corrected chi connectivity index (χ3v) is 4.89. The fraction of sp³-hybridized carbons (Fsp3) is 0.312. The SMILES string of the molecule is Cc1cc2c(cc1F)nc(CCCl)n2Cc1sccc1C. The van der Waals surface area contributed by atoms with E-state index in [9.17, 15) is 4.39 Å². The van der Waals surface area contributed by atoms with Crippen LogP contribution in [-0.4, -0.2) is 15.4 Å². The Balaban J connectivity index is 2.15. The van der Waals surface area contributed by atoms with Crippen LogP contribution in [-0.2, 0) is 13.0 Å². The van der Waals surface area contributed by atoms with Gasteiger partial charge >= 0.3 is 0 Å². The highest BCUT2D eigenvalue weighted by Crippen LogP contribution is 2.24. The smallest absolute Gasteiger partial charge is 0.128 e. The fourth-order valence-electron chi connectivity index (χ4n) is 2.46. The van der Waals surface area contributed by atoms with E-state index in [0.29, 0.717) is 23.4 Å². The minimum Gasteiger partial charge on any atom is -0.323 e. The summed E-state index contributed by atoms with van der Waals surface area (Å²) >= 11 is 7.62. The number of imidazole rings is 1. The number of nitrogens with zero attached hydrogens (tertiary/aromatic N) is 2. The minimum absolute atomic E-state index is 0.211. The van der Waals surface area contributed by atoms with Crippen molar-refractivity contribution in [2.45, 2.75) is 26.8 Å². The Morgan fingerprint density at radius 1 is 1.29 bits per heavy atom. The van der Waals surface area contributed by atoms with Crippen molar-refractivity contribution in [2.75, 3.05) is 5.88 Å². The van der Waals surface area contributed by atoms with Gasteiger partial charge < -0.3 is 4.57 Å². The summed E-state index contributed by atoms with van der Waals surface area (Å²) in [7, 11) is 0. The van der Waals surface area contributed by atoms with Crippen LogP contribution in [0.25, 0.3) is 11.0 Å². The Hall–Kier alpha value is -1.39. The van der Waals surface area contributed by atoms with Crippen molar-refractivity contribution in [1.29, 1.82) is 0 Å². The van der Waals surface area contributed by atoms with Gasteiger partial charge in [-0.25, -0.2) is 9.37 Å². The van der Waals surface area contributed by atoms with Gasteiger partial charge in [-0.15, -0.1) is 22.9 Å². The number of rotatable bonds is 4. The topological polar surface area (TPSA) is 17.8 Å². The van der Waals surface area contributed by atoms with Crippen molar-refractivity contribution in [3.63, 3.8) is 0 Å². The van der Waals surface area contributed by atoms with Gasteiger partial charge in [0.1, 0.15) is 11.6 Å². The van der Waals surface area contributed by atoms with E-state index < -0.39 is 0 Å². The van der Waals surface area contributed by atoms with Crippen LogP contribution in [0.1, 0.15) is 21.8 Å². The van der Waals surface area contributed by atoms with Crippen LogP contribution in [0.15, 0.2) is 23.6 Å². The summed E-state index contributed by atoms with van der Waals surface area (Å²) in [6.45, 7) is 4.65. The highest BCUT2D eigenvalue weighted by atomic mass is 35.5. The molecule has 3 rings (SSSR count). The number of alkyl halides is 1. The lowest BCUT2D eigenvalue weighted by Crippen LogP contribution is -2.05. The zero-order valence-corrected chi connectivity index (χ0v) is 13.6. The summed E-state index contributed by atoms with van der Waals surface area (Å²) in [4.78, 5) is 5.86. The van der Waals surface area contributed by atoms with E-state index in [2.05, 4.69) is 27.9 Å². The number of benzene rings is 1. The molecule has 0 atom stereocenters. The minimum atomic E-state index is -0.211. The zero-order valence-electron chi connectivity index (χ0n) is 12.0. The number of thiophene rings is 1. The molecule has 2 aromatic heterocycles. The molecule has 1 aromatic carbocycles. The quantitative estimate of drug-likeness (QED) is 0.637.